The van der Waals surface area contributed by atoms with Crippen molar-refractivity contribution in [3.63, 3.8) is 0 Å². The zero-order chi connectivity index (χ0) is 30.1. The van der Waals surface area contributed by atoms with E-state index in [0.29, 0.717) is 25.2 Å². The van der Waals surface area contributed by atoms with Crippen LogP contribution in [0, 0.1) is 0 Å². The molecule has 2 fully saturated rings. The molecule has 11 heteroatoms. The van der Waals surface area contributed by atoms with Gasteiger partial charge in [0.05, 0.1) is 22.6 Å². The Morgan fingerprint density at radius 2 is 1.71 bits per heavy atom. The molecule has 8 nitrogen and oxygen atoms in total. The van der Waals surface area contributed by atoms with E-state index in [0.717, 1.165) is 68.4 Å². The highest BCUT2D eigenvalue weighted by Gasteiger charge is 2.32. The molecule has 5 rings (SSSR count). The number of fused-ring (bicyclic) bond motifs is 1. The fourth-order valence-electron chi connectivity index (χ4n) is 5.81. The van der Waals surface area contributed by atoms with Crippen LogP contribution in [-0.4, -0.2) is 63.1 Å². The van der Waals surface area contributed by atoms with Crippen LogP contribution in [0.5, 0.6) is 0 Å². The first-order valence-corrected chi connectivity index (χ1v) is 14.6. The summed E-state index contributed by atoms with van der Waals surface area (Å²) in [5.41, 5.74) is 0.937. The van der Waals surface area contributed by atoms with Crippen molar-refractivity contribution in [2.24, 2.45) is 0 Å². The molecule has 2 saturated heterocycles. The van der Waals surface area contributed by atoms with Crippen LogP contribution in [0.4, 0.5) is 23.9 Å². The van der Waals surface area contributed by atoms with Gasteiger partial charge in [-0.25, -0.2) is 9.78 Å². The number of likely N-dealkylation sites (tertiary alicyclic amines) is 2. The van der Waals surface area contributed by atoms with Crippen molar-refractivity contribution in [2.45, 2.75) is 77.2 Å². The molecule has 2 aliphatic rings. The van der Waals surface area contributed by atoms with Crippen molar-refractivity contribution in [1.82, 2.24) is 19.4 Å². The van der Waals surface area contributed by atoms with E-state index < -0.39 is 29.3 Å². The molecule has 226 valence electrons. The van der Waals surface area contributed by atoms with Crippen LogP contribution in [0.1, 0.15) is 80.4 Å². The second-order valence-electron chi connectivity index (χ2n) is 12.2. The van der Waals surface area contributed by atoms with E-state index in [-0.39, 0.29) is 17.6 Å². The molecule has 2 amide bonds. The van der Waals surface area contributed by atoms with Crippen molar-refractivity contribution in [1.29, 1.82) is 0 Å². The van der Waals surface area contributed by atoms with E-state index >= 15 is 0 Å². The molecule has 1 N–H and O–H groups in total. The summed E-state index contributed by atoms with van der Waals surface area (Å²) in [6, 6.07) is 9.99. The summed E-state index contributed by atoms with van der Waals surface area (Å²) in [7, 11) is 0. The molecule has 0 bridgehead atoms. The number of halogens is 3. The minimum absolute atomic E-state index is 0.114. The summed E-state index contributed by atoms with van der Waals surface area (Å²) >= 11 is 0. The smallest absolute Gasteiger partial charge is 0.416 e. The van der Waals surface area contributed by atoms with Gasteiger partial charge in [0.15, 0.2) is 0 Å². The van der Waals surface area contributed by atoms with Gasteiger partial charge in [-0.2, -0.15) is 13.2 Å². The number of anilines is 1. The fraction of sp³-hybridized carbons (Fsp3) is 0.516. The van der Waals surface area contributed by atoms with E-state index in [4.69, 9.17) is 9.72 Å². The second kappa shape index (κ2) is 11.9. The predicted molar refractivity (Wildman–Crippen MR) is 154 cm³/mol. The third-order valence-corrected chi connectivity index (χ3v) is 7.73. The number of benzene rings is 2. The molecule has 0 radical (unpaired) electrons. The third kappa shape index (κ3) is 6.88. The van der Waals surface area contributed by atoms with Gasteiger partial charge >= 0.3 is 12.3 Å². The molecular formula is C31H38F3N5O3. The molecule has 2 aliphatic heterocycles. The quantitative estimate of drug-likeness (QED) is 0.354. The van der Waals surface area contributed by atoms with Crippen LogP contribution in [-0.2, 0) is 17.5 Å². The SMILES string of the molecule is CC(C)(C)OC(=O)N1CCCCC(n2c(NC(=O)c3cccc(C(F)(F)F)c3)nc3cccc(CN4CCCC4)c32)C1. The Balaban J connectivity index is 1.55. The average Bonchev–Trinajstić information content (AvgIpc) is 3.48. The summed E-state index contributed by atoms with van der Waals surface area (Å²) in [5.74, 6) is -0.436. The van der Waals surface area contributed by atoms with Crippen LogP contribution in [0.15, 0.2) is 42.5 Å². The number of para-hydroxylation sites is 1. The standard InChI is InChI=1S/C31H38F3N5O3/c1-30(2,3)42-29(41)38-17-5-4-13-24(20-38)39-26-22(19-37-15-6-7-16-37)11-9-14-25(26)35-28(39)36-27(40)21-10-8-12-23(18-21)31(32,33)34/h8-12,14,18,24H,4-7,13,15-17,19-20H2,1-3H3,(H,35,36,40). The number of amides is 2. The maximum atomic E-state index is 13.4. The Hall–Kier alpha value is -3.60. The van der Waals surface area contributed by atoms with Crippen molar-refractivity contribution in [3.05, 3.63) is 59.2 Å². The number of hydrogen-bond donors (Lipinski definition) is 1. The number of nitrogens with zero attached hydrogens (tertiary/aromatic N) is 4. The van der Waals surface area contributed by atoms with Crippen molar-refractivity contribution >= 4 is 29.0 Å². The summed E-state index contributed by atoms with van der Waals surface area (Å²) < 4.78 is 47.8. The highest BCUT2D eigenvalue weighted by molar-refractivity contribution is 6.04. The van der Waals surface area contributed by atoms with E-state index in [1.807, 2.05) is 37.5 Å². The maximum Gasteiger partial charge on any atom is 0.416 e. The molecule has 0 spiro atoms. The lowest BCUT2D eigenvalue weighted by Crippen LogP contribution is -2.39. The maximum absolute atomic E-state index is 13.4. The minimum atomic E-state index is -4.57. The summed E-state index contributed by atoms with van der Waals surface area (Å²) in [5, 5.41) is 2.81. The van der Waals surface area contributed by atoms with Crippen LogP contribution < -0.4 is 5.32 Å². The second-order valence-corrected chi connectivity index (χ2v) is 12.2. The van der Waals surface area contributed by atoms with Gasteiger partial charge in [-0.05, 0) is 95.8 Å². The number of nitrogens with one attached hydrogen (secondary N) is 1. The highest BCUT2D eigenvalue weighted by Crippen LogP contribution is 2.34. The summed E-state index contributed by atoms with van der Waals surface area (Å²) in [6.07, 6.45) is -0.310. The first kappa shape index (κ1) is 29.9. The van der Waals surface area contributed by atoms with Crippen LogP contribution >= 0.6 is 0 Å². The van der Waals surface area contributed by atoms with Gasteiger partial charge in [0.2, 0.25) is 5.95 Å². The lowest BCUT2D eigenvalue weighted by atomic mass is 10.1. The highest BCUT2D eigenvalue weighted by atomic mass is 19.4. The molecule has 1 atom stereocenters. The predicted octanol–water partition coefficient (Wildman–Crippen LogP) is 6.87. The number of imidazole rings is 1. The van der Waals surface area contributed by atoms with Gasteiger partial charge < -0.3 is 14.2 Å². The number of rotatable bonds is 5. The first-order valence-electron chi connectivity index (χ1n) is 14.6. The normalized spacial score (nSPS) is 18.7. The van der Waals surface area contributed by atoms with Crippen molar-refractivity contribution in [3.8, 4) is 0 Å². The lowest BCUT2D eigenvalue weighted by Gasteiger charge is -2.30. The van der Waals surface area contributed by atoms with E-state index in [9.17, 15) is 22.8 Å². The number of hydrogen-bond acceptors (Lipinski definition) is 5. The van der Waals surface area contributed by atoms with E-state index in [1.54, 1.807) is 4.90 Å². The fourth-order valence-corrected chi connectivity index (χ4v) is 5.81. The van der Waals surface area contributed by atoms with Gasteiger partial charge in [0.25, 0.3) is 5.91 Å². The Morgan fingerprint density at radius 3 is 2.43 bits per heavy atom. The van der Waals surface area contributed by atoms with E-state index in [1.165, 1.54) is 12.1 Å². The number of carbonyl (C=O) groups excluding carboxylic acids is 2. The zero-order valence-corrected chi connectivity index (χ0v) is 24.3. The number of ether oxygens (including phenoxy) is 1. The van der Waals surface area contributed by atoms with E-state index in [2.05, 4.69) is 16.3 Å². The van der Waals surface area contributed by atoms with Gasteiger partial charge in [-0.1, -0.05) is 18.2 Å². The molecule has 1 unspecified atom stereocenters. The average molecular weight is 586 g/mol. The first-order chi connectivity index (χ1) is 19.9. The van der Waals surface area contributed by atoms with Gasteiger partial charge in [-0.15, -0.1) is 0 Å². The third-order valence-electron chi connectivity index (χ3n) is 7.73. The van der Waals surface area contributed by atoms with Crippen LogP contribution in [0.3, 0.4) is 0 Å². The van der Waals surface area contributed by atoms with Gasteiger partial charge in [0, 0.05) is 25.2 Å². The molecule has 2 aromatic carbocycles. The summed E-state index contributed by atoms with van der Waals surface area (Å²) in [4.78, 5) is 35.3. The number of carbonyl (C=O) groups is 2. The number of aromatic nitrogens is 2. The minimum Gasteiger partial charge on any atom is -0.444 e. The molecule has 1 aromatic heterocycles. The van der Waals surface area contributed by atoms with Crippen LogP contribution in [0.2, 0.25) is 0 Å². The zero-order valence-electron chi connectivity index (χ0n) is 24.3. The van der Waals surface area contributed by atoms with Crippen LogP contribution in [0.25, 0.3) is 11.0 Å². The van der Waals surface area contributed by atoms with Gasteiger partial charge in [0.1, 0.15) is 5.60 Å². The Morgan fingerprint density at radius 1 is 1.00 bits per heavy atom. The topological polar surface area (TPSA) is 79.7 Å². The number of alkyl halides is 3. The molecule has 3 aromatic rings. The lowest BCUT2D eigenvalue weighted by molar-refractivity contribution is -0.137. The molecular weight excluding hydrogens is 547 g/mol. The van der Waals surface area contributed by atoms with Crippen molar-refractivity contribution in [2.75, 3.05) is 31.5 Å². The monoisotopic (exact) mass is 585 g/mol. The summed E-state index contributed by atoms with van der Waals surface area (Å²) in [6.45, 7) is 9.10. The Bertz CT molecular complexity index is 1440. The molecule has 0 aliphatic carbocycles. The molecule has 3 heterocycles. The Kier molecular flexibility index (Phi) is 8.50. The Labute approximate surface area is 243 Å². The van der Waals surface area contributed by atoms with Crippen molar-refractivity contribution < 1.29 is 27.5 Å². The van der Waals surface area contributed by atoms with Gasteiger partial charge in [-0.3, -0.25) is 15.0 Å². The molecule has 42 heavy (non-hydrogen) atoms. The molecule has 0 saturated carbocycles. The largest absolute Gasteiger partial charge is 0.444 e.